The molecule has 1 heterocycles. The largest absolute Gasteiger partial charge is 0.495 e. The Kier molecular flexibility index (Phi) is 4.37. The number of piperidine rings is 1. The van der Waals surface area contributed by atoms with E-state index in [4.69, 9.17) is 10.00 Å². The van der Waals surface area contributed by atoms with E-state index >= 15 is 0 Å². The van der Waals surface area contributed by atoms with Gasteiger partial charge < -0.3 is 15.4 Å². The van der Waals surface area contributed by atoms with Crippen molar-refractivity contribution in [3.63, 3.8) is 0 Å². The van der Waals surface area contributed by atoms with Gasteiger partial charge in [-0.1, -0.05) is 0 Å². The van der Waals surface area contributed by atoms with Gasteiger partial charge in [0, 0.05) is 11.6 Å². The molecule has 1 saturated heterocycles. The first-order valence-electron chi connectivity index (χ1n) is 6.34. The number of nitriles is 1. The Morgan fingerprint density at radius 3 is 2.84 bits per heavy atom. The quantitative estimate of drug-likeness (QED) is 0.851. The first-order chi connectivity index (χ1) is 9.24. The number of hydrogen-bond donors (Lipinski definition) is 2. The number of hydrogen-bond acceptors (Lipinski definition) is 4. The lowest BCUT2D eigenvalue weighted by Crippen LogP contribution is -2.42. The average molecular weight is 259 g/mol. The van der Waals surface area contributed by atoms with Crippen LogP contribution in [0.2, 0.25) is 0 Å². The van der Waals surface area contributed by atoms with Crippen molar-refractivity contribution < 1.29 is 9.53 Å². The standard InChI is InChI=1S/C14H17N3O2/c1-19-13-3-2-10(8-11(13)9-15)14(18)17-12-4-6-16-7-5-12/h2-3,8,12,16H,4-7H2,1H3,(H,17,18). The van der Waals surface area contributed by atoms with Gasteiger partial charge in [-0.15, -0.1) is 0 Å². The fourth-order valence-corrected chi connectivity index (χ4v) is 2.17. The van der Waals surface area contributed by atoms with Gasteiger partial charge in [0.25, 0.3) is 5.91 Å². The normalized spacial score (nSPS) is 15.6. The number of carbonyl (C=O) groups excluding carboxylic acids is 1. The minimum atomic E-state index is -0.133. The predicted octanol–water partition coefficient (Wildman–Crippen LogP) is 1.05. The van der Waals surface area contributed by atoms with Crippen LogP contribution in [0, 0.1) is 11.3 Å². The molecule has 0 spiro atoms. The van der Waals surface area contributed by atoms with Gasteiger partial charge in [-0.25, -0.2) is 0 Å². The average Bonchev–Trinajstić information content (AvgIpc) is 2.47. The molecule has 1 aromatic carbocycles. The number of nitrogens with one attached hydrogen (secondary N) is 2. The van der Waals surface area contributed by atoms with E-state index in [-0.39, 0.29) is 11.9 Å². The molecule has 1 amide bonds. The third-order valence-electron chi connectivity index (χ3n) is 3.26. The fraction of sp³-hybridized carbons (Fsp3) is 0.429. The van der Waals surface area contributed by atoms with E-state index in [0.29, 0.717) is 16.9 Å². The van der Waals surface area contributed by atoms with E-state index in [1.807, 2.05) is 6.07 Å². The Labute approximate surface area is 112 Å². The number of carbonyl (C=O) groups is 1. The van der Waals surface area contributed by atoms with Crippen LogP contribution in [0.3, 0.4) is 0 Å². The molecular weight excluding hydrogens is 242 g/mol. The van der Waals surface area contributed by atoms with Crippen LogP contribution >= 0.6 is 0 Å². The van der Waals surface area contributed by atoms with Crippen molar-refractivity contribution in [1.82, 2.24) is 10.6 Å². The molecule has 1 aliphatic rings. The van der Waals surface area contributed by atoms with Crippen molar-refractivity contribution in [3.8, 4) is 11.8 Å². The third-order valence-corrected chi connectivity index (χ3v) is 3.26. The molecule has 0 radical (unpaired) electrons. The summed E-state index contributed by atoms with van der Waals surface area (Å²) in [6, 6.07) is 7.13. The highest BCUT2D eigenvalue weighted by atomic mass is 16.5. The Balaban J connectivity index is 2.08. The van der Waals surface area contributed by atoms with Crippen molar-refractivity contribution in [1.29, 1.82) is 5.26 Å². The number of benzene rings is 1. The minimum Gasteiger partial charge on any atom is -0.495 e. The number of methoxy groups -OCH3 is 1. The Hall–Kier alpha value is -2.06. The van der Waals surface area contributed by atoms with Gasteiger partial charge in [0.15, 0.2) is 0 Å². The molecule has 0 unspecified atom stereocenters. The van der Waals surface area contributed by atoms with Crippen molar-refractivity contribution >= 4 is 5.91 Å². The zero-order valence-electron chi connectivity index (χ0n) is 10.9. The lowest BCUT2D eigenvalue weighted by molar-refractivity contribution is 0.0929. The van der Waals surface area contributed by atoms with Gasteiger partial charge in [0.05, 0.1) is 12.7 Å². The molecule has 2 N–H and O–H groups in total. The monoisotopic (exact) mass is 259 g/mol. The van der Waals surface area contributed by atoms with Crippen LogP contribution in [0.15, 0.2) is 18.2 Å². The summed E-state index contributed by atoms with van der Waals surface area (Å²) < 4.78 is 5.06. The summed E-state index contributed by atoms with van der Waals surface area (Å²) in [7, 11) is 1.50. The van der Waals surface area contributed by atoms with Crippen molar-refractivity contribution in [3.05, 3.63) is 29.3 Å². The third kappa shape index (κ3) is 3.24. The molecule has 1 aliphatic heterocycles. The van der Waals surface area contributed by atoms with Crippen LogP contribution in [0.25, 0.3) is 0 Å². The van der Waals surface area contributed by atoms with Gasteiger partial charge in [-0.05, 0) is 44.1 Å². The zero-order chi connectivity index (χ0) is 13.7. The van der Waals surface area contributed by atoms with Crippen molar-refractivity contribution in [2.45, 2.75) is 18.9 Å². The maximum atomic E-state index is 12.1. The second kappa shape index (κ2) is 6.21. The first-order valence-corrected chi connectivity index (χ1v) is 6.34. The minimum absolute atomic E-state index is 0.133. The molecule has 100 valence electrons. The smallest absolute Gasteiger partial charge is 0.251 e. The Morgan fingerprint density at radius 2 is 2.21 bits per heavy atom. The second-order valence-electron chi connectivity index (χ2n) is 4.52. The van der Waals surface area contributed by atoms with Crippen LogP contribution in [0.5, 0.6) is 5.75 Å². The first kappa shape index (κ1) is 13.4. The highest BCUT2D eigenvalue weighted by Gasteiger charge is 2.17. The summed E-state index contributed by atoms with van der Waals surface area (Å²) in [4.78, 5) is 12.1. The molecular formula is C14H17N3O2. The molecule has 0 atom stereocenters. The summed E-state index contributed by atoms with van der Waals surface area (Å²) in [6.07, 6.45) is 1.88. The lowest BCUT2D eigenvalue weighted by atomic mass is 10.1. The molecule has 19 heavy (non-hydrogen) atoms. The molecule has 1 aromatic rings. The van der Waals surface area contributed by atoms with E-state index < -0.39 is 0 Å². The van der Waals surface area contributed by atoms with Gasteiger partial charge >= 0.3 is 0 Å². The molecule has 0 bridgehead atoms. The van der Waals surface area contributed by atoms with E-state index in [2.05, 4.69) is 10.6 Å². The molecule has 2 rings (SSSR count). The lowest BCUT2D eigenvalue weighted by Gasteiger charge is -2.23. The molecule has 0 aliphatic carbocycles. The molecule has 0 aromatic heterocycles. The highest BCUT2D eigenvalue weighted by Crippen LogP contribution is 2.19. The number of ether oxygens (including phenoxy) is 1. The molecule has 0 saturated carbocycles. The van der Waals surface area contributed by atoms with Crippen molar-refractivity contribution in [2.75, 3.05) is 20.2 Å². The molecule has 1 fully saturated rings. The Morgan fingerprint density at radius 1 is 1.47 bits per heavy atom. The topological polar surface area (TPSA) is 74.2 Å². The van der Waals surface area contributed by atoms with Crippen LogP contribution in [0.4, 0.5) is 0 Å². The van der Waals surface area contributed by atoms with E-state index in [9.17, 15) is 4.79 Å². The van der Waals surface area contributed by atoms with E-state index in [0.717, 1.165) is 25.9 Å². The Bertz CT molecular complexity index is 502. The van der Waals surface area contributed by atoms with Crippen LogP contribution in [0.1, 0.15) is 28.8 Å². The summed E-state index contributed by atoms with van der Waals surface area (Å²) in [5.41, 5.74) is 0.872. The van der Waals surface area contributed by atoms with Gasteiger partial charge in [-0.3, -0.25) is 4.79 Å². The summed E-state index contributed by atoms with van der Waals surface area (Å²) >= 11 is 0. The summed E-state index contributed by atoms with van der Waals surface area (Å²) in [5, 5.41) is 15.3. The SMILES string of the molecule is COc1ccc(C(=O)NC2CCNCC2)cc1C#N. The number of nitrogens with zero attached hydrogens (tertiary/aromatic N) is 1. The predicted molar refractivity (Wildman–Crippen MR) is 71.1 cm³/mol. The summed E-state index contributed by atoms with van der Waals surface area (Å²) in [6.45, 7) is 1.86. The van der Waals surface area contributed by atoms with Gasteiger partial charge in [0.1, 0.15) is 11.8 Å². The second-order valence-corrected chi connectivity index (χ2v) is 4.52. The van der Waals surface area contributed by atoms with E-state index in [1.54, 1.807) is 18.2 Å². The van der Waals surface area contributed by atoms with Crippen LogP contribution in [-0.4, -0.2) is 32.1 Å². The number of amides is 1. The molecule has 5 heteroatoms. The van der Waals surface area contributed by atoms with Crippen LogP contribution < -0.4 is 15.4 Å². The maximum Gasteiger partial charge on any atom is 0.251 e. The van der Waals surface area contributed by atoms with E-state index in [1.165, 1.54) is 7.11 Å². The van der Waals surface area contributed by atoms with Gasteiger partial charge in [0.2, 0.25) is 0 Å². The zero-order valence-corrected chi connectivity index (χ0v) is 10.9. The van der Waals surface area contributed by atoms with Gasteiger partial charge in [-0.2, -0.15) is 5.26 Å². The van der Waals surface area contributed by atoms with Crippen LogP contribution in [-0.2, 0) is 0 Å². The maximum absolute atomic E-state index is 12.1. The highest BCUT2D eigenvalue weighted by molar-refractivity contribution is 5.95. The fourth-order valence-electron chi connectivity index (χ4n) is 2.17. The van der Waals surface area contributed by atoms with Crippen molar-refractivity contribution in [2.24, 2.45) is 0 Å². The number of rotatable bonds is 3. The summed E-state index contributed by atoms with van der Waals surface area (Å²) in [5.74, 6) is 0.354. The molecule has 5 nitrogen and oxygen atoms in total.